The number of oxazole rings is 1. The second-order valence-electron chi connectivity index (χ2n) is 9.53. The Morgan fingerprint density at radius 2 is 1.77 bits per heavy atom. The maximum Gasteiger partial charge on any atom is 0.256 e. The van der Waals surface area contributed by atoms with Crippen molar-refractivity contribution in [3.05, 3.63) is 112 Å². The molecule has 3 aromatic carbocycles. The minimum atomic E-state index is -0.759. The normalized spacial score (nSPS) is 11.0. The van der Waals surface area contributed by atoms with Crippen molar-refractivity contribution >= 4 is 40.0 Å². The number of aromatic nitrogens is 2. The highest BCUT2D eigenvalue weighted by Crippen LogP contribution is 2.32. The van der Waals surface area contributed by atoms with E-state index in [1.807, 2.05) is 44.2 Å². The van der Waals surface area contributed by atoms with Gasteiger partial charge in [0.1, 0.15) is 11.6 Å². The number of rotatable bonds is 7. The molecule has 2 heterocycles. The van der Waals surface area contributed by atoms with Gasteiger partial charge >= 0.3 is 0 Å². The molecule has 0 aliphatic carbocycles. The summed E-state index contributed by atoms with van der Waals surface area (Å²) in [4.78, 5) is 34.9. The average Bonchev–Trinajstić information content (AvgIpc) is 3.33. The van der Waals surface area contributed by atoms with E-state index in [9.17, 15) is 14.0 Å². The molecule has 0 aliphatic heterocycles. The Kier molecular flexibility index (Phi) is 7.62. The van der Waals surface area contributed by atoms with Crippen LogP contribution in [0.1, 0.15) is 43.5 Å². The summed E-state index contributed by atoms with van der Waals surface area (Å²) in [5, 5.41) is 6.60. The molecular weight excluding hydrogens is 531 g/mol. The molecule has 0 atom stereocenters. The van der Waals surface area contributed by atoms with Gasteiger partial charge in [0.25, 0.3) is 11.8 Å². The first-order valence-electron chi connectivity index (χ1n) is 12.7. The first-order chi connectivity index (χ1) is 19.2. The molecule has 0 saturated heterocycles. The highest BCUT2D eigenvalue weighted by molar-refractivity contribution is 6.33. The van der Waals surface area contributed by atoms with Gasteiger partial charge in [-0.25, -0.2) is 14.4 Å². The van der Waals surface area contributed by atoms with Crippen LogP contribution < -0.4 is 10.6 Å². The third-order valence-electron chi connectivity index (χ3n) is 6.41. The van der Waals surface area contributed by atoms with Crippen LogP contribution in [0.2, 0.25) is 5.02 Å². The number of benzene rings is 3. The summed E-state index contributed by atoms with van der Waals surface area (Å²) in [7, 11) is 0. The van der Waals surface area contributed by atoms with E-state index in [1.54, 1.807) is 25.3 Å². The van der Waals surface area contributed by atoms with Crippen molar-refractivity contribution in [3.63, 3.8) is 0 Å². The predicted molar refractivity (Wildman–Crippen MR) is 153 cm³/mol. The summed E-state index contributed by atoms with van der Waals surface area (Å²) in [6.07, 6.45) is 1.98. The summed E-state index contributed by atoms with van der Waals surface area (Å²) in [6, 6.07) is 16.8. The highest BCUT2D eigenvalue weighted by Gasteiger charge is 2.19. The number of carbonyl (C=O) groups excluding carboxylic acids is 2. The van der Waals surface area contributed by atoms with E-state index in [0.29, 0.717) is 50.8 Å². The Bertz CT molecular complexity index is 1770. The molecule has 5 aromatic rings. The largest absolute Gasteiger partial charge is 0.446 e. The fourth-order valence-corrected chi connectivity index (χ4v) is 4.78. The van der Waals surface area contributed by atoms with E-state index in [4.69, 9.17) is 21.0 Å². The van der Waals surface area contributed by atoms with E-state index < -0.39 is 17.6 Å². The molecule has 0 aliphatic rings. The molecule has 5 rings (SSSR count). The number of hydrogen-bond donors (Lipinski definition) is 2. The van der Waals surface area contributed by atoms with Crippen molar-refractivity contribution in [2.24, 2.45) is 0 Å². The number of fused-ring (bicyclic) bond motifs is 1. The number of pyridine rings is 1. The van der Waals surface area contributed by atoms with Gasteiger partial charge in [-0.15, -0.1) is 0 Å². The van der Waals surface area contributed by atoms with Crippen LogP contribution in [-0.2, 0) is 6.42 Å². The standard InChI is InChI=1S/C31H26ClFN4O3/c1-17-12-18(2)29-23(13-17)24(15-27(37-29)21-6-4-5-7-25(21)32)31(39)36-20-8-9-22(26(33)14-20)30(38)34-11-10-28-35-16-19(3)40-28/h4-9,12-16H,10-11H2,1-3H3,(H,34,38)(H,36,39). The maximum absolute atomic E-state index is 14.9. The fourth-order valence-electron chi connectivity index (χ4n) is 4.55. The lowest BCUT2D eigenvalue weighted by Crippen LogP contribution is -2.26. The Labute approximate surface area is 235 Å². The summed E-state index contributed by atoms with van der Waals surface area (Å²) in [5.41, 5.74) is 4.25. The SMILES string of the molecule is Cc1cc(C)c2nc(-c3ccccc3Cl)cc(C(=O)Nc3ccc(C(=O)NCCc4ncc(C)o4)c(F)c3)c2c1. The fraction of sp³-hybridized carbons (Fsp3) is 0.161. The Morgan fingerprint density at radius 1 is 0.975 bits per heavy atom. The van der Waals surface area contributed by atoms with Crippen LogP contribution >= 0.6 is 11.6 Å². The summed E-state index contributed by atoms with van der Waals surface area (Å²) < 4.78 is 20.3. The average molecular weight is 557 g/mol. The van der Waals surface area contributed by atoms with Crippen LogP contribution in [0.5, 0.6) is 0 Å². The van der Waals surface area contributed by atoms with Crippen LogP contribution in [0, 0.1) is 26.6 Å². The lowest BCUT2D eigenvalue weighted by Gasteiger charge is -2.14. The van der Waals surface area contributed by atoms with Gasteiger partial charge in [0.2, 0.25) is 0 Å². The summed E-state index contributed by atoms with van der Waals surface area (Å²) >= 11 is 6.44. The smallest absolute Gasteiger partial charge is 0.256 e. The van der Waals surface area contributed by atoms with Gasteiger partial charge in [-0.2, -0.15) is 0 Å². The van der Waals surface area contributed by atoms with Crippen LogP contribution in [0.3, 0.4) is 0 Å². The van der Waals surface area contributed by atoms with Gasteiger partial charge in [-0.1, -0.05) is 41.4 Å². The second-order valence-corrected chi connectivity index (χ2v) is 9.94. The molecule has 2 aromatic heterocycles. The van der Waals surface area contributed by atoms with Crippen LogP contribution in [0.25, 0.3) is 22.2 Å². The van der Waals surface area contributed by atoms with Gasteiger partial charge in [-0.05, 0) is 62.7 Å². The van der Waals surface area contributed by atoms with Gasteiger partial charge in [0, 0.05) is 34.6 Å². The molecule has 0 saturated carbocycles. The molecule has 40 heavy (non-hydrogen) atoms. The molecule has 0 fully saturated rings. The lowest BCUT2D eigenvalue weighted by molar-refractivity contribution is 0.0949. The molecule has 2 N–H and O–H groups in total. The molecule has 7 nitrogen and oxygen atoms in total. The molecule has 202 valence electrons. The molecule has 0 radical (unpaired) electrons. The topological polar surface area (TPSA) is 97.1 Å². The number of nitrogens with zero attached hydrogens (tertiary/aromatic N) is 2. The van der Waals surface area contributed by atoms with Gasteiger partial charge in [-0.3, -0.25) is 9.59 Å². The molecule has 0 bridgehead atoms. The zero-order chi connectivity index (χ0) is 28.4. The number of aryl methyl sites for hydroxylation is 3. The predicted octanol–water partition coefficient (Wildman–Crippen LogP) is 6.83. The van der Waals surface area contributed by atoms with E-state index in [1.165, 1.54) is 12.1 Å². The molecule has 9 heteroatoms. The number of amides is 2. The van der Waals surface area contributed by atoms with E-state index in [0.717, 1.165) is 17.2 Å². The third-order valence-corrected chi connectivity index (χ3v) is 6.74. The first kappa shape index (κ1) is 27.0. The van der Waals surface area contributed by atoms with Crippen molar-refractivity contribution < 1.29 is 18.4 Å². The number of halogens is 2. The van der Waals surface area contributed by atoms with E-state index >= 15 is 0 Å². The molecular formula is C31H26ClFN4O3. The van der Waals surface area contributed by atoms with Gasteiger partial charge in [0.05, 0.1) is 28.5 Å². The van der Waals surface area contributed by atoms with Gasteiger partial charge in [0.15, 0.2) is 5.89 Å². The van der Waals surface area contributed by atoms with E-state index in [2.05, 4.69) is 15.6 Å². The minimum absolute atomic E-state index is 0.136. The van der Waals surface area contributed by atoms with Crippen LogP contribution in [0.15, 0.2) is 71.3 Å². The second kappa shape index (κ2) is 11.3. The molecule has 2 amide bonds. The zero-order valence-electron chi connectivity index (χ0n) is 22.1. The van der Waals surface area contributed by atoms with Gasteiger partial charge < -0.3 is 15.1 Å². The lowest BCUT2D eigenvalue weighted by atomic mass is 9.99. The Balaban J connectivity index is 1.39. The number of hydrogen-bond acceptors (Lipinski definition) is 5. The van der Waals surface area contributed by atoms with E-state index in [-0.39, 0.29) is 17.8 Å². The van der Waals surface area contributed by atoms with Crippen molar-refractivity contribution in [2.45, 2.75) is 27.2 Å². The third kappa shape index (κ3) is 5.72. The Morgan fingerprint density at radius 3 is 2.50 bits per heavy atom. The van der Waals surface area contributed by atoms with Crippen molar-refractivity contribution in [1.29, 1.82) is 0 Å². The van der Waals surface area contributed by atoms with Crippen molar-refractivity contribution in [3.8, 4) is 11.3 Å². The monoisotopic (exact) mass is 556 g/mol. The summed E-state index contributed by atoms with van der Waals surface area (Å²) in [5.74, 6) is -0.610. The number of nitrogens with one attached hydrogen (secondary N) is 2. The maximum atomic E-state index is 14.9. The molecule has 0 unspecified atom stereocenters. The van der Waals surface area contributed by atoms with Crippen molar-refractivity contribution in [1.82, 2.24) is 15.3 Å². The molecule has 0 spiro atoms. The quantitative estimate of drug-likeness (QED) is 0.229. The highest BCUT2D eigenvalue weighted by atomic mass is 35.5. The minimum Gasteiger partial charge on any atom is -0.446 e. The van der Waals surface area contributed by atoms with Crippen LogP contribution in [-0.4, -0.2) is 28.3 Å². The first-order valence-corrected chi connectivity index (χ1v) is 13.0. The number of carbonyl (C=O) groups is 2. The zero-order valence-corrected chi connectivity index (χ0v) is 22.9. The summed E-state index contributed by atoms with van der Waals surface area (Å²) in [6.45, 7) is 5.90. The Hall–Kier alpha value is -4.56. The van der Waals surface area contributed by atoms with Crippen LogP contribution in [0.4, 0.5) is 10.1 Å². The number of anilines is 1. The van der Waals surface area contributed by atoms with Crippen molar-refractivity contribution in [2.75, 3.05) is 11.9 Å².